The zero-order chi connectivity index (χ0) is 34.4. The molecule has 10 aromatic rings. The van der Waals surface area contributed by atoms with Gasteiger partial charge in [-0.15, -0.1) is 11.3 Å². The zero-order valence-corrected chi connectivity index (χ0v) is 29.2. The third-order valence-electron chi connectivity index (χ3n) is 10.3. The molecular formula is C50H33NS. The molecule has 10 rings (SSSR count). The van der Waals surface area contributed by atoms with E-state index < -0.39 is 0 Å². The molecule has 9 aromatic carbocycles. The van der Waals surface area contributed by atoms with Crippen LogP contribution in [-0.4, -0.2) is 0 Å². The average molecular weight is 680 g/mol. The topological polar surface area (TPSA) is 3.24 Å². The Morgan fingerprint density at radius 3 is 1.69 bits per heavy atom. The van der Waals surface area contributed by atoms with Crippen molar-refractivity contribution in [3.8, 4) is 33.4 Å². The average Bonchev–Trinajstić information content (AvgIpc) is 3.60. The van der Waals surface area contributed by atoms with Crippen molar-refractivity contribution >= 4 is 70.1 Å². The molecule has 0 atom stereocenters. The van der Waals surface area contributed by atoms with Gasteiger partial charge < -0.3 is 4.90 Å². The molecule has 1 heterocycles. The van der Waals surface area contributed by atoms with Crippen LogP contribution in [0.4, 0.5) is 17.1 Å². The first-order chi connectivity index (χ1) is 25.8. The van der Waals surface area contributed by atoms with Crippen LogP contribution in [0.1, 0.15) is 0 Å². The zero-order valence-electron chi connectivity index (χ0n) is 28.4. The summed E-state index contributed by atoms with van der Waals surface area (Å²) in [4.78, 5) is 2.52. The Bertz CT molecular complexity index is 2910. The molecule has 52 heavy (non-hydrogen) atoms. The van der Waals surface area contributed by atoms with Crippen molar-refractivity contribution in [1.29, 1.82) is 0 Å². The first kappa shape index (κ1) is 30.4. The fraction of sp³-hybridized carbons (Fsp3) is 0. The summed E-state index contributed by atoms with van der Waals surface area (Å²) < 4.78 is 2.58. The van der Waals surface area contributed by atoms with Crippen LogP contribution in [0.2, 0.25) is 0 Å². The Morgan fingerprint density at radius 2 is 0.904 bits per heavy atom. The van der Waals surface area contributed by atoms with Crippen molar-refractivity contribution in [3.63, 3.8) is 0 Å². The summed E-state index contributed by atoms with van der Waals surface area (Å²) in [6, 6.07) is 73.1. The summed E-state index contributed by atoms with van der Waals surface area (Å²) >= 11 is 1.86. The molecule has 0 aliphatic heterocycles. The van der Waals surface area contributed by atoms with Gasteiger partial charge in [0.05, 0.1) is 11.4 Å². The molecular weight excluding hydrogens is 647 g/mol. The Labute approximate surface area is 307 Å². The highest BCUT2D eigenvalue weighted by Gasteiger charge is 2.25. The number of nitrogens with zero attached hydrogens (tertiary/aromatic N) is 1. The van der Waals surface area contributed by atoms with E-state index in [1.54, 1.807) is 0 Å². The minimum atomic E-state index is 1.13. The van der Waals surface area contributed by atoms with Crippen LogP contribution in [0.25, 0.3) is 75.1 Å². The predicted molar refractivity (Wildman–Crippen MR) is 225 cm³/mol. The van der Waals surface area contributed by atoms with Gasteiger partial charge in [0, 0.05) is 36.8 Å². The molecule has 0 saturated heterocycles. The Balaban J connectivity index is 1.34. The third-order valence-corrected chi connectivity index (χ3v) is 11.4. The third kappa shape index (κ3) is 5.07. The fourth-order valence-electron chi connectivity index (χ4n) is 7.92. The standard InChI is InChI=1S/C50H33NS/c1-3-16-34(17-4-1)38-21-9-12-26-45(38)50-40(35-18-5-2-6-19-35)27-15-28-46(50)51(37-30-31-44-43-25-13-14-29-48(43)52-49(44)33-37)47-32-36-20-7-8-22-39(36)41-23-10-11-24-42(41)47/h1-33H. The molecule has 2 heteroatoms. The number of hydrogen-bond acceptors (Lipinski definition) is 2. The largest absolute Gasteiger partial charge is 0.309 e. The predicted octanol–water partition coefficient (Wildman–Crippen LogP) is 14.8. The van der Waals surface area contributed by atoms with Crippen molar-refractivity contribution in [3.05, 3.63) is 200 Å². The van der Waals surface area contributed by atoms with E-state index in [1.165, 1.54) is 75.1 Å². The molecule has 0 unspecified atom stereocenters. The summed E-state index contributed by atoms with van der Waals surface area (Å²) in [5, 5.41) is 7.53. The van der Waals surface area contributed by atoms with Crippen molar-refractivity contribution in [2.75, 3.05) is 4.90 Å². The van der Waals surface area contributed by atoms with Crippen LogP contribution in [-0.2, 0) is 0 Å². The van der Waals surface area contributed by atoms with Gasteiger partial charge in [0.15, 0.2) is 0 Å². The number of hydrogen-bond donors (Lipinski definition) is 0. The van der Waals surface area contributed by atoms with Gasteiger partial charge in [-0.05, 0) is 74.3 Å². The number of benzene rings is 9. The summed E-state index contributed by atoms with van der Waals surface area (Å²) in [5.74, 6) is 0. The highest BCUT2D eigenvalue weighted by atomic mass is 32.1. The van der Waals surface area contributed by atoms with Crippen LogP contribution in [0.3, 0.4) is 0 Å². The molecule has 0 spiro atoms. The molecule has 0 amide bonds. The van der Waals surface area contributed by atoms with Crippen molar-refractivity contribution in [1.82, 2.24) is 0 Å². The monoisotopic (exact) mass is 679 g/mol. The first-order valence-corrected chi connectivity index (χ1v) is 18.6. The smallest absolute Gasteiger partial charge is 0.0546 e. The van der Waals surface area contributed by atoms with Crippen LogP contribution in [0.15, 0.2) is 200 Å². The lowest BCUT2D eigenvalue weighted by Crippen LogP contribution is -2.12. The molecule has 0 radical (unpaired) electrons. The summed E-state index contributed by atoms with van der Waals surface area (Å²) in [5.41, 5.74) is 10.6. The number of thiophene rings is 1. The van der Waals surface area contributed by atoms with Gasteiger partial charge in [-0.3, -0.25) is 0 Å². The van der Waals surface area contributed by atoms with E-state index in [0.29, 0.717) is 0 Å². The number of rotatable bonds is 6. The van der Waals surface area contributed by atoms with Gasteiger partial charge in [-0.2, -0.15) is 0 Å². The molecule has 244 valence electrons. The van der Waals surface area contributed by atoms with Gasteiger partial charge in [0.2, 0.25) is 0 Å². The van der Waals surface area contributed by atoms with E-state index in [2.05, 4.69) is 205 Å². The summed E-state index contributed by atoms with van der Waals surface area (Å²) in [6.45, 7) is 0. The van der Waals surface area contributed by atoms with Crippen LogP contribution in [0.5, 0.6) is 0 Å². The van der Waals surface area contributed by atoms with E-state index >= 15 is 0 Å². The second kappa shape index (κ2) is 12.7. The van der Waals surface area contributed by atoms with Crippen molar-refractivity contribution < 1.29 is 0 Å². The summed E-state index contributed by atoms with van der Waals surface area (Å²) in [6.07, 6.45) is 0. The highest BCUT2D eigenvalue weighted by molar-refractivity contribution is 7.25. The molecule has 0 bridgehead atoms. The summed E-state index contributed by atoms with van der Waals surface area (Å²) in [7, 11) is 0. The second-order valence-electron chi connectivity index (χ2n) is 13.3. The second-order valence-corrected chi connectivity index (χ2v) is 14.3. The van der Waals surface area contributed by atoms with E-state index in [0.717, 1.165) is 17.1 Å². The number of anilines is 3. The minimum Gasteiger partial charge on any atom is -0.309 e. The van der Waals surface area contributed by atoms with Crippen molar-refractivity contribution in [2.45, 2.75) is 0 Å². The maximum absolute atomic E-state index is 2.52. The van der Waals surface area contributed by atoms with Gasteiger partial charge in [0.1, 0.15) is 0 Å². The van der Waals surface area contributed by atoms with E-state index in [-0.39, 0.29) is 0 Å². The lowest BCUT2D eigenvalue weighted by atomic mass is 9.87. The van der Waals surface area contributed by atoms with Gasteiger partial charge in [-0.25, -0.2) is 0 Å². The molecule has 0 aliphatic carbocycles. The quantitative estimate of drug-likeness (QED) is 0.158. The first-order valence-electron chi connectivity index (χ1n) is 17.8. The minimum absolute atomic E-state index is 1.13. The highest BCUT2D eigenvalue weighted by Crippen LogP contribution is 2.50. The maximum atomic E-state index is 2.52. The molecule has 1 aromatic heterocycles. The molecule has 0 N–H and O–H groups in total. The lowest BCUT2D eigenvalue weighted by molar-refractivity contribution is 1.31. The molecule has 0 aliphatic rings. The van der Waals surface area contributed by atoms with E-state index in [9.17, 15) is 0 Å². The Kier molecular flexibility index (Phi) is 7.41. The molecule has 0 saturated carbocycles. The van der Waals surface area contributed by atoms with Gasteiger partial charge in [0.25, 0.3) is 0 Å². The molecule has 0 fully saturated rings. The maximum Gasteiger partial charge on any atom is 0.0546 e. The Hall–Kier alpha value is -6.48. The van der Waals surface area contributed by atoms with Crippen LogP contribution >= 0.6 is 11.3 Å². The SMILES string of the molecule is c1ccc(-c2ccccc2-c2c(-c3ccccc3)cccc2N(c2ccc3c(c2)sc2ccccc23)c2cc3ccccc3c3ccccc23)cc1. The lowest BCUT2D eigenvalue weighted by Gasteiger charge is -2.31. The van der Waals surface area contributed by atoms with Crippen LogP contribution in [0, 0.1) is 0 Å². The van der Waals surface area contributed by atoms with Crippen molar-refractivity contribution in [2.24, 2.45) is 0 Å². The van der Waals surface area contributed by atoms with Gasteiger partial charge in [-0.1, -0.05) is 170 Å². The Morgan fingerprint density at radius 1 is 0.327 bits per heavy atom. The molecule has 1 nitrogen and oxygen atoms in total. The fourth-order valence-corrected chi connectivity index (χ4v) is 9.06. The number of fused-ring (bicyclic) bond motifs is 6. The van der Waals surface area contributed by atoms with Gasteiger partial charge >= 0.3 is 0 Å². The van der Waals surface area contributed by atoms with Crippen LogP contribution < -0.4 is 4.90 Å². The van der Waals surface area contributed by atoms with E-state index in [1.807, 2.05) is 11.3 Å². The normalized spacial score (nSPS) is 11.5. The van der Waals surface area contributed by atoms with E-state index in [4.69, 9.17) is 0 Å².